The van der Waals surface area contributed by atoms with E-state index in [4.69, 9.17) is 4.74 Å². The summed E-state index contributed by atoms with van der Waals surface area (Å²) in [5, 5.41) is 2.11. The van der Waals surface area contributed by atoms with E-state index < -0.39 is 0 Å². The van der Waals surface area contributed by atoms with Crippen LogP contribution in [0.5, 0.6) is 5.75 Å². The molecule has 1 amide bonds. The standard InChI is InChI=1S/C19H17NO2S2/c1-22-15-11-17(13-5-3-2-4-6-13)24-18(15)19(21)20-9-7-16-14(12-20)8-10-23-16/h2-6,8,10-11H,7,9,12H2,1H3. The SMILES string of the molecule is COc1cc(-c2ccccc2)sc1C(=O)N1CCc2sccc2C1. The number of carbonyl (C=O) groups excluding carboxylic acids is 1. The van der Waals surface area contributed by atoms with Gasteiger partial charge in [0.15, 0.2) is 0 Å². The van der Waals surface area contributed by atoms with Crippen molar-refractivity contribution in [1.82, 2.24) is 4.90 Å². The van der Waals surface area contributed by atoms with Crippen molar-refractivity contribution < 1.29 is 9.53 Å². The molecule has 122 valence electrons. The number of carbonyl (C=O) groups is 1. The van der Waals surface area contributed by atoms with Gasteiger partial charge in [0, 0.05) is 22.8 Å². The number of nitrogens with zero attached hydrogens (tertiary/aromatic N) is 1. The summed E-state index contributed by atoms with van der Waals surface area (Å²) in [6, 6.07) is 14.2. The van der Waals surface area contributed by atoms with Gasteiger partial charge in [-0.2, -0.15) is 0 Å². The van der Waals surface area contributed by atoms with Crippen LogP contribution in [0.4, 0.5) is 0 Å². The van der Waals surface area contributed by atoms with Crippen molar-refractivity contribution in [3.05, 3.63) is 63.2 Å². The van der Waals surface area contributed by atoms with Gasteiger partial charge in [0.1, 0.15) is 10.6 Å². The molecular formula is C19H17NO2S2. The van der Waals surface area contributed by atoms with Gasteiger partial charge in [0.25, 0.3) is 5.91 Å². The molecule has 0 atom stereocenters. The second-order valence-electron chi connectivity index (χ2n) is 5.72. The molecule has 4 rings (SSSR count). The van der Waals surface area contributed by atoms with E-state index in [9.17, 15) is 4.79 Å². The van der Waals surface area contributed by atoms with Gasteiger partial charge in [0.2, 0.25) is 0 Å². The Labute approximate surface area is 149 Å². The van der Waals surface area contributed by atoms with Gasteiger partial charge < -0.3 is 9.64 Å². The topological polar surface area (TPSA) is 29.5 Å². The van der Waals surface area contributed by atoms with Crippen LogP contribution in [0.15, 0.2) is 47.8 Å². The van der Waals surface area contributed by atoms with Crippen LogP contribution in [0.3, 0.4) is 0 Å². The molecule has 0 spiro atoms. The molecule has 3 heterocycles. The van der Waals surface area contributed by atoms with Crippen molar-refractivity contribution in [2.75, 3.05) is 13.7 Å². The number of benzene rings is 1. The fraction of sp³-hybridized carbons (Fsp3) is 0.211. The molecule has 2 aromatic heterocycles. The molecule has 0 bridgehead atoms. The summed E-state index contributed by atoms with van der Waals surface area (Å²) in [4.78, 5) is 18.1. The van der Waals surface area contributed by atoms with Crippen LogP contribution in [0.2, 0.25) is 0 Å². The monoisotopic (exact) mass is 355 g/mol. The summed E-state index contributed by atoms with van der Waals surface area (Å²) in [6.07, 6.45) is 0.942. The summed E-state index contributed by atoms with van der Waals surface area (Å²) in [6.45, 7) is 1.47. The second kappa shape index (κ2) is 6.42. The molecule has 0 saturated heterocycles. The number of ether oxygens (including phenoxy) is 1. The van der Waals surface area contributed by atoms with Gasteiger partial charge in [-0.15, -0.1) is 22.7 Å². The molecule has 3 nitrogen and oxygen atoms in total. The zero-order valence-corrected chi connectivity index (χ0v) is 15.0. The summed E-state index contributed by atoms with van der Waals surface area (Å²) in [7, 11) is 1.63. The Morgan fingerprint density at radius 2 is 2.04 bits per heavy atom. The average Bonchev–Trinajstić information content (AvgIpc) is 3.27. The van der Waals surface area contributed by atoms with Gasteiger partial charge in [-0.25, -0.2) is 0 Å². The molecule has 0 aliphatic carbocycles. The van der Waals surface area contributed by atoms with E-state index >= 15 is 0 Å². The zero-order valence-electron chi connectivity index (χ0n) is 13.3. The number of rotatable bonds is 3. The summed E-state index contributed by atoms with van der Waals surface area (Å²) < 4.78 is 5.48. The Kier molecular flexibility index (Phi) is 4.12. The van der Waals surface area contributed by atoms with Crippen LogP contribution in [0, 0.1) is 0 Å². The highest BCUT2D eigenvalue weighted by atomic mass is 32.1. The van der Waals surface area contributed by atoms with E-state index in [1.54, 1.807) is 18.4 Å². The van der Waals surface area contributed by atoms with Crippen LogP contribution < -0.4 is 4.74 Å². The van der Waals surface area contributed by atoms with E-state index in [0.29, 0.717) is 17.2 Å². The molecule has 3 aromatic rings. The lowest BCUT2D eigenvalue weighted by molar-refractivity contribution is 0.0738. The quantitative estimate of drug-likeness (QED) is 0.682. The lowest BCUT2D eigenvalue weighted by atomic mass is 10.1. The summed E-state index contributed by atoms with van der Waals surface area (Å²) >= 11 is 3.29. The first-order chi connectivity index (χ1) is 11.8. The number of hydrogen-bond donors (Lipinski definition) is 0. The Balaban J connectivity index is 1.64. The van der Waals surface area contributed by atoms with E-state index in [0.717, 1.165) is 23.4 Å². The molecule has 0 saturated carbocycles. The molecule has 0 fully saturated rings. The third kappa shape index (κ3) is 2.74. The molecule has 1 aliphatic heterocycles. The third-order valence-corrected chi connectivity index (χ3v) is 6.44. The zero-order chi connectivity index (χ0) is 16.5. The maximum Gasteiger partial charge on any atom is 0.268 e. The molecule has 0 unspecified atom stereocenters. The highest BCUT2D eigenvalue weighted by Crippen LogP contribution is 2.37. The van der Waals surface area contributed by atoms with E-state index in [1.807, 2.05) is 29.2 Å². The van der Waals surface area contributed by atoms with Crippen LogP contribution in [0.25, 0.3) is 10.4 Å². The van der Waals surface area contributed by atoms with E-state index in [1.165, 1.54) is 21.8 Å². The Morgan fingerprint density at radius 3 is 2.83 bits per heavy atom. The van der Waals surface area contributed by atoms with Gasteiger partial charge in [0.05, 0.1) is 7.11 Å². The van der Waals surface area contributed by atoms with Crippen LogP contribution >= 0.6 is 22.7 Å². The number of fused-ring (bicyclic) bond motifs is 1. The second-order valence-corrected chi connectivity index (χ2v) is 7.77. The highest BCUT2D eigenvalue weighted by Gasteiger charge is 2.26. The number of methoxy groups -OCH3 is 1. The van der Waals surface area contributed by atoms with E-state index in [-0.39, 0.29) is 5.91 Å². The normalized spacial score (nSPS) is 13.6. The summed E-state index contributed by atoms with van der Waals surface area (Å²) in [5.41, 5.74) is 2.39. The predicted molar refractivity (Wildman–Crippen MR) is 99.1 cm³/mol. The first-order valence-corrected chi connectivity index (χ1v) is 9.53. The highest BCUT2D eigenvalue weighted by molar-refractivity contribution is 7.17. The maximum atomic E-state index is 13.0. The van der Waals surface area contributed by atoms with Crippen LogP contribution in [-0.2, 0) is 13.0 Å². The molecule has 1 aliphatic rings. The molecule has 24 heavy (non-hydrogen) atoms. The molecule has 5 heteroatoms. The fourth-order valence-corrected chi connectivity index (χ4v) is 4.97. The van der Waals surface area contributed by atoms with Crippen molar-refractivity contribution in [2.24, 2.45) is 0 Å². The van der Waals surface area contributed by atoms with Gasteiger partial charge in [-0.1, -0.05) is 30.3 Å². The van der Waals surface area contributed by atoms with Gasteiger partial charge in [-0.05, 0) is 35.1 Å². The van der Waals surface area contributed by atoms with Gasteiger partial charge in [-0.3, -0.25) is 4.79 Å². The molecular weight excluding hydrogens is 338 g/mol. The number of amides is 1. The Hall–Kier alpha value is -2.11. The van der Waals surface area contributed by atoms with Crippen molar-refractivity contribution in [3.63, 3.8) is 0 Å². The minimum atomic E-state index is 0.0656. The molecule has 1 aromatic carbocycles. The molecule has 0 N–H and O–H groups in total. The van der Waals surface area contributed by atoms with Crippen LogP contribution in [0.1, 0.15) is 20.1 Å². The van der Waals surface area contributed by atoms with Crippen molar-refractivity contribution in [1.29, 1.82) is 0 Å². The van der Waals surface area contributed by atoms with E-state index in [2.05, 4.69) is 23.6 Å². The minimum absolute atomic E-state index is 0.0656. The first-order valence-electron chi connectivity index (χ1n) is 7.84. The van der Waals surface area contributed by atoms with Gasteiger partial charge >= 0.3 is 0 Å². The Morgan fingerprint density at radius 1 is 1.21 bits per heavy atom. The minimum Gasteiger partial charge on any atom is -0.495 e. The summed E-state index contributed by atoms with van der Waals surface area (Å²) in [5.74, 6) is 0.732. The lowest BCUT2D eigenvalue weighted by Crippen LogP contribution is -2.35. The average molecular weight is 355 g/mol. The predicted octanol–water partition coefficient (Wildman–Crippen LogP) is 4.68. The smallest absolute Gasteiger partial charge is 0.268 e. The van der Waals surface area contributed by atoms with Crippen molar-refractivity contribution in [2.45, 2.75) is 13.0 Å². The fourth-order valence-electron chi connectivity index (χ4n) is 2.99. The van der Waals surface area contributed by atoms with Crippen molar-refractivity contribution >= 4 is 28.6 Å². The van der Waals surface area contributed by atoms with Crippen molar-refractivity contribution in [3.8, 4) is 16.2 Å². The maximum absolute atomic E-state index is 13.0. The van der Waals surface area contributed by atoms with Crippen LogP contribution in [-0.4, -0.2) is 24.5 Å². The largest absolute Gasteiger partial charge is 0.495 e. The number of hydrogen-bond acceptors (Lipinski definition) is 4. The lowest BCUT2D eigenvalue weighted by Gasteiger charge is -2.26. The Bertz CT molecular complexity index is 867. The number of thiophene rings is 2. The third-order valence-electron chi connectivity index (χ3n) is 4.27. The molecule has 0 radical (unpaired) electrons. The first kappa shape index (κ1) is 15.4.